The van der Waals surface area contributed by atoms with Crippen LogP contribution in [-0.4, -0.2) is 12.1 Å². The molecule has 1 atom stereocenters. The van der Waals surface area contributed by atoms with E-state index in [1.54, 1.807) is 0 Å². The third kappa shape index (κ3) is 3.07. The van der Waals surface area contributed by atoms with Crippen molar-refractivity contribution in [3.8, 4) is 5.75 Å². The Morgan fingerprint density at radius 3 is 1.73 bits per heavy atom. The lowest BCUT2D eigenvalue weighted by atomic mass is 9.69. The predicted molar refractivity (Wildman–Crippen MR) is 90.5 cm³/mol. The van der Waals surface area contributed by atoms with E-state index >= 15 is 0 Å². The van der Waals surface area contributed by atoms with Crippen molar-refractivity contribution in [2.45, 2.75) is 5.82 Å². The molecular weight excluding hydrogens is 480 g/mol. The van der Waals surface area contributed by atoms with Gasteiger partial charge in [0.1, 0.15) is 5.83 Å². The molecule has 0 radical (unpaired) electrons. The summed E-state index contributed by atoms with van der Waals surface area (Å²) >= 11 is 0. The predicted octanol–water partition coefficient (Wildman–Crippen LogP) is 5.90. The zero-order chi connectivity index (χ0) is 24.5. The van der Waals surface area contributed by atoms with E-state index in [4.69, 9.17) is 0 Å². The highest BCUT2D eigenvalue weighted by Gasteiger charge is 2.46. The van der Waals surface area contributed by atoms with Crippen LogP contribution in [0.4, 0.5) is 48.3 Å². The maximum absolute atomic E-state index is 14.4. The molecule has 0 heterocycles. The second kappa shape index (κ2) is 7.64. The number of hydrogen-bond donors (Lipinski definition) is 1. The Kier molecular flexibility index (Phi) is 5.30. The van der Waals surface area contributed by atoms with E-state index < -0.39 is 105 Å². The van der Waals surface area contributed by atoms with E-state index in [-0.39, 0.29) is 0 Å². The Labute approximate surface area is 175 Å². The van der Waals surface area contributed by atoms with Gasteiger partial charge in [-0.2, -0.15) is 4.39 Å². The molecule has 0 saturated carbocycles. The van der Waals surface area contributed by atoms with Crippen LogP contribution in [0.3, 0.4) is 0 Å². The first-order valence-corrected chi connectivity index (χ1v) is 8.60. The summed E-state index contributed by atoms with van der Waals surface area (Å²) < 4.78 is 158. The molecule has 172 valence electrons. The highest BCUT2D eigenvalue weighted by atomic mass is 19.2. The van der Waals surface area contributed by atoms with Crippen molar-refractivity contribution in [2.75, 3.05) is 0 Å². The molecule has 3 aromatic carbocycles. The minimum absolute atomic E-state index is 0.403. The summed E-state index contributed by atoms with van der Waals surface area (Å²) in [6.45, 7) is 0. The molecule has 2 nitrogen and oxygen atoms in total. The van der Waals surface area contributed by atoms with Gasteiger partial charge in [-0.15, -0.1) is 0 Å². The summed E-state index contributed by atoms with van der Waals surface area (Å²) in [6, 6.07) is 1.01. The van der Waals surface area contributed by atoms with Gasteiger partial charge < -0.3 is 9.68 Å². The largest absolute Gasteiger partial charge is 0.537 e. The van der Waals surface area contributed by atoms with Crippen LogP contribution < -0.4 is 4.65 Å². The molecule has 0 amide bonds. The van der Waals surface area contributed by atoms with Crippen molar-refractivity contribution in [1.82, 2.24) is 0 Å². The quantitative estimate of drug-likeness (QED) is 0.218. The number of rotatable bonds is 3. The zero-order valence-corrected chi connectivity index (χ0v) is 15.3. The highest BCUT2D eigenvalue weighted by Crippen LogP contribution is 2.47. The molecule has 0 aromatic heterocycles. The lowest BCUT2D eigenvalue weighted by molar-refractivity contribution is 0.363. The number of benzene rings is 3. The standard InChI is InChI=1S/C19H4BF11O2/c21-4-2-1-3-5(9(4)22)10(23)14(27)8(3)20(32)33-19-7-6(12(25)17(30)18(19)31)11(24)15(28)16(29)13(7)26/h1-2,8,32H. The summed E-state index contributed by atoms with van der Waals surface area (Å²) in [5.74, 6) is -29.4. The molecule has 33 heavy (non-hydrogen) atoms. The molecule has 1 N–H and O–H groups in total. The van der Waals surface area contributed by atoms with Crippen molar-refractivity contribution >= 4 is 23.7 Å². The van der Waals surface area contributed by atoms with Crippen LogP contribution in [0.5, 0.6) is 5.75 Å². The van der Waals surface area contributed by atoms with Crippen molar-refractivity contribution in [3.05, 3.63) is 81.4 Å². The molecule has 3 aromatic rings. The molecule has 0 bridgehead atoms. The van der Waals surface area contributed by atoms with Gasteiger partial charge in [0, 0.05) is 0 Å². The third-order valence-corrected chi connectivity index (χ3v) is 4.99. The number of allylic oxidation sites excluding steroid dienone is 1. The molecule has 0 aliphatic heterocycles. The molecule has 1 aliphatic rings. The molecule has 4 rings (SSSR count). The Bertz CT molecular complexity index is 1380. The third-order valence-electron chi connectivity index (χ3n) is 4.99. The normalized spacial score (nSPS) is 15.5. The van der Waals surface area contributed by atoms with Gasteiger partial charge in [0.15, 0.2) is 58.1 Å². The summed E-state index contributed by atoms with van der Waals surface area (Å²) in [4.78, 5) is 0. The Balaban J connectivity index is 1.92. The summed E-state index contributed by atoms with van der Waals surface area (Å²) in [5.41, 5.74) is -2.06. The topological polar surface area (TPSA) is 29.5 Å². The smallest absolute Gasteiger partial charge is 0.533 e. The van der Waals surface area contributed by atoms with Crippen LogP contribution in [0.2, 0.25) is 0 Å². The van der Waals surface area contributed by atoms with Gasteiger partial charge in [0.05, 0.1) is 22.2 Å². The van der Waals surface area contributed by atoms with Gasteiger partial charge in [0.2, 0.25) is 5.82 Å². The van der Waals surface area contributed by atoms with Crippen LogP contribution in [0.1, 0.15) is 16.9 Å². The van der Waals surface area contributed by atoms with Crippen LogP contribution in [0.25, 0.3) is 16.6 Å². The van der Waals surface area contributed by atoms with E-state index in [1.807, 2.05) is 0 Å². The fraction of sp³-hybridized carbons (Fsp3) is 0.0526. The minimum Gasteiger partial charge on any atom is -0.533 e. The SMILES string of the molecule is OB(Oc1c(F)c(F)c(F)c2c(F)c(F)c(F)c(F)c12)C1C(F)=C(F)c2c1ccc(F)c2F. The van der Waals surface area contributed by atoms with E-state index in [1.165, 1.54) is 0 Å². The summed E-state index contributed by atoms with van der Waals surface area (Å²) in [5, 5.41) is 6.38. The molecule has 1 aliphatic carbocycles. The number of hydrogen-bond acceptors (Lipinski definition) is 2. The monoisotopic (exact) mass is 484 g/mol. The fourth-order valence-electron chi connectivity index (χ4n) is 3.49. The van der Waals surface area contributed by atoms with E-state index in [0.29, 0.717) is 12.1 Å². The molecular formula is C19H4BF11O2. The summed E-state index contributed by atoms with van der Waals surface area (Å²) in [6.07, 6.45) is 0. The second-order valence-corrected chi connectivity index (χ2v) is 6.75. The molecule has 1 unspecified atom stereocenters. The zero-order valence-electron chi connectivity index (χ0n) is 15.3. The van der Waals surface area contributed by atoms with Gasteiger partial charge in [-0.3, -0.25) is 0 Å². The van der Waals surface area contributed by atoms with Gasteiger partial charge in [-0.1, -0.05) is 6.07 Å². The van der Waals surface area contributed by atoms with Crippen LogP contribution >= 0.6 is 0 Å². The average Bonchev–Trinajstić information content (AvgIpc) is 3.04. The van der Waals surface area contributed by atoms with Gasteiger partial charge >= 0.3 is 7.12 Å². The van der Waals surface area contributed by atoms with Crippen LogP contribution in [0.15, 0.2) is 18.0 Å². The Morgan fingerprint density at radius 1 is 0.636 bits per heavy atom. The van der Waals surface area contributed by atoms with Crippen molar-refractivity contribution in [3.63, 3.8) is 0 Å². The molecule has 0 spiro atoms. The van der Waals surface area contributed by atoms with Crippen LogP contribution in [0, 0.1) is 52.4 Å². The number of fused-ring (bicyclic) bond motifs is 2. The summed E-state index contributed by atoms with van der Waals surface area (Å²) in [7, 11) is -2.89. The van der Waals surface area contributed by atoms with Crippen molar-refractivity contribution in [1.29, 1.82) is 0 Å². The minimum atomic E-state index is -2.89. The lowest BCUT2D eigenvalue weighted by Crippen LogP contribution is -2.31. The maximum Gasteiger partial charge on any atom is 0.537 e. The molecule has 14 heteroatoms. The lowest BCUT2D eigenvalue weighted by Gasteiger charge is -2.19. The molecule has 0 saturated heterocycles. The average molecular weight is 484 g/mol. The first kappa shape index (κ1) is 22.9. The van der Waals surface area contributed by atoms with E-state index in [2.05, 4.69) is 4.65 Å². The van der Waals surface area contributed by atoms with Crippen molar-refractivity contribution in [2.24, 2.45) is 0 Å². The van der Waals surface area contributed by atoms with E-state index in [0.717, 1.165) is 0 Å². The van der Waals surface area contributed by atoms with Crippen LogP contribution in [-0.2, 0) is 0 Å². The maximum atomic E-state index is 14.4. The number of halogens is 11. The van der Waals surface area contributed by atoms with Gasteiger partial charge in [-0.25, -0.2) is 43.9 Å². The van der Waals surface area contributed by atoms with Gasteiger partial charge in [-0.05, 0) is 11.6 Å². The van der Waals surface area contributed by atoms with E-state index in [9.17, 15) is 53.3 Å². The Morgan fingerprint density at radius 2 is 1.15 bits per heavy atom. The molecule has 0 fully saturated rings. The highest BCUT2D eigenvalue weighted by molar-refractivity contribution is 6.47. The first-order valence-electron chi connectivity index (χ1n) is 8.60. The first-order chi connectivity index (χ1) is 15.4. The fourth-order valence-corrected chi connectivity index (χ4v) is 3.49. The van der Waals surface area contributed by atoms with Gasteiger partial charge in [0.25, 0.3) is 0 Å². The van der Waals surface area contributed by atoms with Crippen molar-refractivity contribution < 1.29 is 58.0 Å². The Hall–Kier alpha value is -3.29. The second-order valence-electron chi connectivity index (χ2n) is 6.75.